The highest BCUT2D eigenvalue weighted by Crippen LogP contribution is 2.31. The van der Waals surface area contributed by atoms with Crippen molar-refractivity contribution in [1.29, 1.82) is 0 Å². The summed E-state index contributed by atoms with van der Waals surface area (Å²) in [4.78, 5) is 14.7. The van der Waals surface area contributed by atoms with Crippen LogP contribution in [0.4, 0.5) is 0 Å². The van der Waals surface area contributed by atoms with Gasteiger partial charge in [0.2, 0.25) is 0 Å². The third-order valence-electron chi connectivity index (χ3n) is 3.58. The van der Waals surface area contributed by atoms with Crippen LogP contribution in [-0.4, -0.2) is 44.9 Å². The van der Waals surface area contributed by atoms with E-state index in [9.17, 15) is 4.79 Å². The van der Waals surface area contributed by atoms with Crippen LogP contribution in [0.2, 0.25) is 0 Å². The molecule has 1 fully saturated rings. The van der Waals surface area contributed by atoms with Crippen LogP contribution < -0.4 is 5.32 Å². The Labute approximate surface area is 113 Å². The third-order valence-corrected chi connectivity index (χ3v) is 3.58. The first-order chi connectivity index (χ1) is 9.18. The molecule has 1 N–H and O–H groups in total. The topological polar surface area (TPSA) is 96.3 Å². The fraction of sp³-hybridized carbons (Fsp3) is 0.917. The molecule has 2 unspecified atom stereocenters. The molecule has 0 aliphatic heterocycles. The first-order valence-corrected chi connectivity index (χ1v) is 6.55. The van der Waals surface area contributed by atoms with Gasteiger partial charge >= 0.3 is 5.97 Å². The molecule has 1 aliphatic rings. The Bertz CT molecular complexity index is 344. The van der Waals surface area contributed by atoms with Crippen molar-refractivity contribution in [3.8, 4) is 0 Å². The summed E-state index contributed by atoms with van der Waals surface area (Å²) in [7, 11) is 3.07. The van der Waals surface area contributed by atoms with E-state index in [0.29, 0.717) is 25.9 Å². The monoisotopic (exact) mass is 270 g/mol. The standard InChI is InChI=1S/C12H22N4O3/c1-18-10-5-3-6-12(9-10,11(17)19-2)14-7-4-8-15-16-13/h10,14H,3-9H2,1-2H3. The third kappa shape index (κ3) is 4.38. The summed E-state index contributed by atoms with van der Waals surface area (Å²) in [6.45, 7) is 1.04. The molecule has 0 spiro atoms. The Morgan fingerprint density at radius 3 is 3.00 bits per heavy atom. The van der Waals surface area contributed by atoms with Gasteiger partial charge in [-0.3, -0.25) is 4.79 Å². The maximum absolute atomic E-state index is 12.0. The molecule has 0 bridgehead atoms. The van der Waals surface area contributed by atoms with Gasteiger partial charge in [0.15, 0.2) is 0 Å². The van der Waals surface area contributed by atoms with Gasteiger partial charge in [0.05, 0.1) is 13.2 Å². The van der Waals surface area contributed by atoms with E-state index in [0.717, 1.165) is 19.3 Å². The minimum absolute atomic E-state index is 0.0810. The summed E-state index contributed by atoms with van der Waals surface area (Å²) < 4.78 is 10.3. The maximum Gasteiger partial charge on any atom is 0.326 e. The second-order valence-electron chi connectivity index (χ2n) is 4.76. The van der Waals surface area contributed by atoms with Crippen molar-refractivity contribution in [2.75, 3.05) is 27.3 Å². The van der Waals surface area contributed by atoms with Crippen molar-refractivity contribution in [3.63, 3.8) is 0 Å². The quantitative estimate of drug-likeness (QED) is 0.251. The van der Waals surface area contributed by atoms with Crippen molar-refractivity contribution in [2.45, 2.75) is 43.7 Å². The Hall–Kier alpha value is -1.30. The lowest BCUT2D eigenvalue weighted by Crippen LogP contribution is -2.56. The van der Waals surface area contributed by atoms with E-state index in [2.05, 4.69) is 15.3 Å². The molecular weight excluding hydrogens is 248 g/mol. The molecule has 0 saturated heterocycles. The van der Waals surface area contributed by atoms with Gasteiger partial charge in [0, 0.05) is 25.0 Å². The van der Waals surface area contributed by atoms with Crippen LogP contribution in [0, 0.1) is 0 Å². The SMILES string of the molecule is COC(=O)C1(NCCCN=[N+]=[N-])CCCC(OC)C1. The molecule has 0 aromatic carbocycles. The average molecular weight is 270 g/mol. The summed E-state index contributed by atoms with van der Waals surface area (Å²) >= 11 is 0. The van der Waals surface area contributed by atoms with Crippen LogP contribution in [0.15, 0.2) is 5.11 Å². The van der Waals surface area contributed by atoms with Gasteiger partial charge < -0.3 is 14.8 Å². The highest BCUT2D eigenvalue weighted by atomic mass is 16.5. The van der Waals surface area contributed by atoms with E-state index in [-0.39, 0.29) is 12.1 Å². The van der Waals surface area contributed by atoms with Crippen molar-refractivity contribution in [3.05, 3.63) is 10.4 Å². The molecule has 0 aromatic rings. The number of nitrogens with zero attached hydrogens (tertiary/aromatic N) is 3. The van der Waals surface area contributed by atoms with Crippen molar-refractivity contribution < 1.29 is 14.3 Å². The molecule has 1 rings (SSSR count). The van der Waals surface area contributed by atoms with E-state index in [1.807, 2.05) is 0 Å². The molecule has 7 nitrogen and oxygen atoms in total. The van der Waals surface area contributed by atoms with Crippen molar-refractivity contribution in [1.82, 2.24) is 5.32 Å². The first kappa shape index (κ1) is 15.8. The van der Waals surface area contributed by atoms with Gasteiger partial charge in [0.25, 0.3) is 0 Å². The smallest absolute Gasteiger partial charge is 0.326 e. The molecule has 108 valence electrons. The Balaban J connectivity index is 2.59. The molecule has 0 amide bonds. The van der Waals surface area contributed by atoms with Gasteiger partial charge in [-0.1, -0.05) is 5.11 Å². The number of carbonyl (C=O) groups is 1. The summed E-state index contributed by atoms with van der Waals surface area (Å²) in [5, 5.41) is 6.74. The fourth-order valence-corrected chi connectivity index (χ4v) is 2.56. The number of nitrogens with one attached hydrogen (secondary N) is 1. The number of methoxy groups -OCH3 is 2. The molecular formula is C12H22N4O3. The van der Waals surface area contributed by atoms with Gasteiger partial charge in [-0.15, -0.1) is 0 Å². The number of azide groups is 1. The van der Waals surface area contributed by atoms with Crippen molar-refractivity contribution >= 4 is 5.97 Å². The van der Waals surface area contributed by atoms with Crippen molar-refractivity contribution in [2.24, 2.45) is 5.11 Å². The van der Waals surface area contributed by atoms with Crippen LogP contribution in [0.1, 0.15) is 32.1 Å². The van der Waals surface area contributed by atoms with Gasteiger partial charge in [-0.05, 0) is 37.8 Å². The number of ether oxygens (including phenoxy) is 2. The zero-order chi connectivity index (χ0) is 14.1. The van der Waals surface area contributed by atoms with Crippen LogP contribution in [-0.2, 0) is 14.3 Å². The first-order valence-electron chi connectivity index (χ1n) is 6.55. The molecule has 1 aliphatic carbocycles. The fourth-order valence-electron chi connectivity index (χ4n) is 2.56. The predicted octanol–water partition coefficient (Wildman–Crippen LogP) is 1.78. The van der Waals surface area contributed by atoms with Gasteiger partial charge in [-0.2, -0.15) is 0 Å². The van der Waals surface area contributed by atoms with Crippen LogP contribution in [0.5, 0.6) is 0 Å². The molecule has 0 heterocycles. The summed E-state index contributed by atoms with van der Waals surface area (Å²) in [6.07, 6.45) is 4.05. The molecule has 19 heavy (non-hydrogen) atoms. The second-order valence-corrected chi connectivity index (χ2v) is 4.76. The summed E-state index contributed by atoms with van der Waals surface area (Å²) in [6, 6.07) is 0. The van der Waals surface area contributed by atoms with Gasteiger partial charge in [0.1, 0.15) is 5.54 Å². The summed E-state index contributed by atoms with van der Waals surface area (Å²) in [5.74, 6) is -0.238. The Morgan fingerprint density at radius 1 is 1.58 bits per heavy atom. The zero-order valence-electron chi connectivity index (χ0n) is 11.6. The molecule has 7 heteroatoms. The minimum Gasteiger partial charge on any atom is -0.468 e. The normalized spacial score (nSPS) is 26.5. The van der Waals surface area contributed by atoms with E-state index in [1.54, 1.807) is 7.11 Å². The zero-order valence-corrected chi connectivity index (χ0v) is 11.6. The molecule has 1 saturated carbocycles. The lowest BCUT2D eigenvalue weighted by atomic mass is 9.80. The van der Waals surface area contributed by atoms with Crippen LogP contribution in [0.25, 0.3) is 10.4 Å². The largest absolute Gasteiger partial charge is 0.468 e. The Kier molecular flexibility index (Phi) is 6.62. The number of hydrogen-bond donors (Lipinski definition) is 1. The molecule has 2 atom stereocenters. The van der Waals surface area contributed by atoms with Gasteiger partial charge in [-0.25, -0.2) is 0 Å². The molecule has 0 radical (unpaired) electrons. The van der Waals surface area contributed by atoms with Crippen LogP contribution >= 0.6 is 0 Å². The molecule has 0 aromatic heterocycles. The number of hydrogen-bond acceptors (Lipinski definition) is 5. The summed E-state index contributed by atoms with van der Waals surface area (Å²) in [5.41, 5.74) is 7.54. The second kappa shape index (κ2) is 7.99. The average Bonchev–Trinajstić information content (AvgIpc) is 2.46. The van der Waals surface area contributed by atoms with E-state index in [4.69, 9.17) is 15.0 Å². The number of carbonyl (C=O) groups excluding carboxylic acids is 1. The highest BCUT2D eigenvalue weighted by molar-refractivity contribution is 5.81. The predicted molar refractivity (Wildman–Crippen MR) is 70.6 cm³/mol. The number of esters is 1. The number of rotatable bonds is 7. The Morgan fingerprint density at radius 2 is 2.37 bits per heavy atom. The van der Waals surface area contributed by atoms with Crippen LogP contribution in [0.3, 0.4) is 0 Å². The minimum atomic E-state index is -0.663. The van der Waals surface area contributed by atoms with E-state index in [1.165, 1.54) is 7.11 Å². The van der Waals surface area contributed by atoms with E-state index >= 15 is 0 Å². The maximum atomic E-state index is 12.0. The van der Waals surface area contributed by atoms with E-state index < -0.39 is 5.54 Å². The highest BCUT2D eigenvalue weighted by Gasteiger charge is 2.43. The lowest BCUT2D eigenvalue weighted by Gasteiger charge is -2.38. The lowest BCUT2D eigenvalue weighted by molar-refractivity contribution is -0.152.